The molecule has 2 rings (SSSR count). The Hall–Kier alpha value is -1.84. The van der Waals surface area contributed by atoms with Gasteiger partial charge in [0.2, 0.25) is 0 Å². The predicted octanol–water partition coefficient (Wildman–Crippen LogP) is 3.49. The first-order valence-corrected chi connectivity index (χ1v) is 7.54. The number of carbonyl (C=O) groups is 2. The van der Waals surface area contributed by atoms with Gasteiger partial charge in [0.05, 0.1) is 19.6 Å². The van der Waals surface area contributed by atoms with E-state index in [-0.39, 0.29) is 17.7 Å². The summed E-state index contributed by atoms with van der Waals surface area (Å²) in [6, 6.07) is 7.14. The topological polar surface area (TPSA) is 52.6 Å². The summed E-state index contributed by atoms with van der Waals surface area (Å²) in [4.78, 5) is 25.1. The number of ketones is 1. The number of methoxy groups -OCH3 is 2. The van der Waals surface area contributed by atoms with E-state index in [0.717, 1.165) is 5.75 Å². The van der Waals surface area contributed by atoms with E-state index in [1.165, 1.54) is 7.11 Å². The molecule has 4 nitrogen and oxygen atoms in total. The maximum atomic E-state index is 12.9. The monoisotopic (exact) mass is 304 g/mol. The lowest BCUT2D eigenvalue weighted by atomic mass is 9.64. The minimum Gasteiger partial charge on any atom is -0.497 e. The highest BCUT2D eigenvalue weighted by atomic mass is 16.5. The Bertz CT molecular complexity index is 573. The molecule has 120 valence electrons. The van der Waals surface area contributed by atoms with Crippen molar-refractivity contribution in [3.63, 3.8) is 0 Å². The molecule has 1 fully saturated rings. The van der Waals surface area contributed by atoms with Gasteiger partial charge in [0, 0.05) is 11.5 Å². The molecule has 4 heteroatoms. The van der Waals surface area contributed by atoms with E-state index < -0.39 is 10.8 Å². The van der Waals surface area contributed by atoms with Crippen molar-refractivity contribution in [2.45, 2.75) is 33.6 Å². The molecule has 1 aromatic carbocycles. The number of benzene rings is 1. The van der Waals surface area contributed by atoms with Crippen molar-refractivity contribution in [3.05, 3.63) is 29.8 Å². The third-order valence-corrected chi connectivity index (χ3v) is 5.55. The Kier molecular flexibility index (Phi) is 4.32. The fourth-order valence-electron chi connectivity index (χ4n) is 3.51. The lowest BCUT2D eigenvalue weighted by Gasteiger charge is -2.38. The minimum atomic E-state index is -0.630. The number of rotatable bonds is 4. The van der Waals surface area contributed by atoms with Gasteiger partial charge in [-0.05, 0) is 49.4 Å². The van der Waals surface area contributed by atoms with Crippen LogP contribution >= 0.6 is 0 Å². The van der Waals surface area contributed by atoms with Crippen LogP contribution < -0.4 is 4.74 Å². The van der Waals surface area contributed by atoms with Crippen molar-refractivity contribution in [1.29, 1.82) is 0 Å². The van der Waals surface area contributed by atoms with Crippen molar-refractivity contribution in [2.75, 3.05) is 14.2 Å². The molecule has 0 heterocycles. The van der Waals surface area contributed by atoms with E-state index in [9.17, 15) is 9.59 Å². The maximum Gasteiger partial charge on any atom is 0.312 e. The molecule has 0 aliphatic heterocycles. The van der Waals surface area contributed by atoms with E-state index in [1.54, 1.807) is 31.4 Å². The summed E-state index contributed by atoms with van der Waals surface area (Å²) in [5.41, 5.74) is -0.418. The number of hydrogen-bond donors (Lipinski definition) is 0. The van der Waals surface area contributed by atoms with Gasteiger partial charge in [0.1, 0.15) is 5.75 Å². The molecule has 0 N–H and O–H groups in total. The Morgan fingerprint density at radius 2 is 1.68 bits per heavy atom. The van der Waals surface area contributed by atoms with Crippen molar-refractivity contribution in [1.82, 2.24) is 0 Å². The van der Waals surface area contributed by atoms with Crippen LogP contribution in [0, 0.1) is 16.7 Å². The second-order valence-electron chi connectivity index (χ2n) is 6.73. The van der Waals surface area contributed by atoms with Crippen molar-refractivity contribution in [2.24, 2.45) is 16.7 Å². The number of hydrogen-bond acceptors (Lipinski definition) is 4. The summed E-state index contributed by atoms with van der Waals surface area (Å²) in [5.74, 6) is 0.384. The van der Waals surface area contributed by atoms with Crippen LogP contribution in [0.1, 0.15) is 44.0 Å². The largest absolute Gasteiger partial charge is 0.497 e. The molecule has 0 aromatic heterocycles. The van der Waals surface area contributed by atoms with Crippen LogP contribution in [0.15, 0.2) is 24.3 Å². The first-order valence-electron chi connectivity index (χ1n) is 7.54. The van der Waals surface area contributed by atoms with Gasteiger partial charge in [0.15, 0.2) is 5.78 Å². The minimum absolute atomic E-state index is 0.0836. The molecular weight excluding hydrogens is 280 g/mol. The second kappa shape index (κ2) is 5.75. The molecule has 1 aliphatic rings. The van der Waals surface area contributed by atoms with Crippen molar-refractivity contribution in [3.8, 4) is 5.75 Å². The van der Waals surface area contributed by atoms with Crippen LogP contribution in [-0.4, -0.2) is 26.0 Å². The number of carbonyl (C=O) groups excluding carboxylic acids is 2. The highest BCUT2D eigenvalue weighted by Gasteiger charge is 2.58. The van der Waals surface area contributed by atoms with E-state index in [1.807, 2.05) is 20.8 Å². The molecule has 1 saturated carbocycles. The fraction of sp³-hybridized carbons (Fsp3) is 0.556. The standard InChI is InChI=1S/C18H24O4/c1-17(2)14(10-11-18(17,3)16(20)22-5)15(19)12-6-8-13(21-4)9-7-12/h6-9,14H,10-11H2,1-5H3/t14-,18+/m0/s1. The van der Waals surface area contributed by atoms with Crippen LogP contribution in [-0.2, 0) is 9.53 Å². The third kappa shape index (κ3) is 2.40. The van der Waals surface area contributed by atoms with E-state index in [4.69, 9.17) is 9.47 Å². The molecule has 1 aliphatic carbocycles. The molecule has 1 aromatic rings. The van der Waals surface area contributed by atoms with Crippen LogP contribution in [0.4, 0.5) is 0 Å². The van der Waals surface area contributed by atoms with Crippen molar-refractivity contribution < 1.29 is 19.1 Å². The first-order chi connectivity index (χ1) is 10.3. The fourth-order valence-corrected chi connectivity index (χ4v) is 3.51. The van der Waals surface area contributed by atoms with Gasteiger partial charge in [-0.3, -0.25) is 9.59 Å². The average molecular weight is 304 g/mol. The molecule has 0 radical (unpaired) electrons. The summed E-state index contributed by atoms with van der Waals surface area (Å²) in [7, 11) is 3.00. The maximum absolute atomic E-state index is 12.9. The molecule has 0 unspecified atom stereocenters. The van der Waals surface area contributed by atoms with E-state index >= 15 is 0 Å². The highest BCUT2D eigenvalue weighted by molar-refractivity contribution is 5.99. The normalized spacial score (nSPS) is 26.5. The van der Waals surface area contributed by atoms with Crippen LogP contribution in [0.5, 0.6) is 5.75 Å². The molecule has 0 amide bonds. The molecular formula is C18H24O4. The van der Waals surface area contributed by atoms with E-state index in [2.05, 4.69) is 0 Å². The Labute approximate surface area is 131 Å². The number of esters is 1. The SMILES string of the molecule is COC(=O)[C@@]1(C)CC[C@@H](C(=O)c2ccc(OC)cc2)C1(C)C. The average Bonchev–Trinajstić information content (AvgIpc) is 2.77. The first kappa shape index (κ1) is 16.5. The molecule has 0 saturated heterocycles. The van der Waals surface area contributed by atoms with Crippen molar-refractivity contribution >= 4 is 11.8 Å². The van der Waals surface area contributed by atoms with Gasteiger partial charge in [-0.1, -0.05) is 13.8 Å². The van der Waals surface area contributed by atoms with Crippen LogP contribution in [0.3, 0.4) is 0 Å². The highest BCUT2D eigenvalue weighted by Crippen LogP contribution is 2.57. The summed E-state index contributed by atoms with van der Waals surface area (Å²) in [6.07, 6.45) is 1.36. The zero-order valence-electron chi connectivity index (χ0n) is 13.9. The summed E-state index contributed by atoms with van der Waals surface area (Å²) in [6.45, 7) is 5.88. The Morgan fingerprint density at radius 1 is 1.09 bits per heavy atom. The summed E-state index contributed by atoms with van der Waals surface area (Å²) < 4.78 is 10.1. The van der Waals surface area contributed by atoms with Crippen LogP contribution in [0.25, 0.3) is 0 Å². The quantitative estimate of drug-likeness (QED) is 0.631. The zero-order chi connectivity index (χ0) is 16.5. The van der Waals surface area contributed by atoms with Gasteiger partial charge in [-0.2, -0.15) is 0 Å². The summed E-state index contributed by atoms with van der Waals surface area (Å²) in [5, 5.41) is 0. The molecule has 2 atom stereocenters. The second-order valence-corrected chi connectivity index (χ2v) is 6.73. The van der Waals surface area contributed by atoms with Gasteiger partial charge in [0.25, 0.3) is 0 Å². The van der Waals surface area contributed by atoms with E-state index in [0.29, 0.717) is 18.4 Å². The number of ether oxygens (including phenoxy) is 2. The molecule has 0 bridgehead atoms. The van der Waals surface area contributed by atoms with Gasteiger partial charge in [-0.25, -0.2) is 0 Å². The predicted molar refractivity (Wildman–Crippen MR) is 84.0 cm³/mol. The van der Waals surface area contributed by atoms with Gasteiger partial charge in [-0.15, -0.1) is 0 Å². The Balaban J connectivity index is 2.29. The smallest absolute Gasteiger partial charge is 0.312 e. The third-order valence-electron chi connectivity index (χ3n) is 5.55. The summed E-state index contributed by atoms with van der Waals surface area (Å²) >= 11 is 0. The zero-order valence-corrected chi connectivity index (χ0v) is 13.9. The lowest BCUT2D eigenvalue weighted by Crippen LogP contribution is -2.43. The molecule has 0 spiro atoms. The number of Topliss-reactive ketones (excluding diaryl/α,β-unsaturated/α-hetero) is 1. The van der Waals surface area contributed by atoms with Crippen LogP contribution in [0.2, 0.25) is 0 Å². The Morgan fingerprint density at radius 3 is 2.18 bits per heavy atom. The lowest BCUT2D eigenvalue weighted by molar-refractivity contribution is -0.157. The molecule has 22 heavy (non-hydrogen) atoms. The van der Waals surface area contributed by atoms with Gasteiger partial charge >= 0.3 is 5.97 Å². The van der Waals surface area contributed by atoms with Gasteiger partial charge < -0.3 is 9.47 Å².